The van der Waals surface area contributed by atoms with Crippen molar-refractivity contribution in [1.29, 1.82) is 0 Å². The molecule has 9 nitrogen and oxygen atoms in total. The number of hydrogen-bond donors (Lipinski definition) is 2. The number of rotatable bonds is 8. The van der Waals surface area contributed by atoms with Crippen LogP contribution in [-0.2, 0) is 30.6 Å². The van der Waals surface area contributed by atoms with Crippen molar-refractivity contribution in [2.75, 3.05) is 28.7 Å². The molecule has 11 heteroatoms. The number of benzene rings is 1. The monoisotopic (exact) mass is 438 g/mol. The molecule has 2 N–H and O–H groups in total. The van der Waals surface area contributed by atoms with E-state index in [2.05, 4.69) is 20.8 Å². The fraction of sp³-hybridized carbons (Fsp3) is 0.444. The van der Waals surface area contributed by atoms with Crippen LogP contribution in [0.4, 0.5) is 10.8 Å². The molecule has 1 unspecified atom stereocenters. The van der Waals surface area contributed by atoms with Gasteiger partial charge >= 0.3 is 0 Å². The maximum absolute atomic E-state index is 12.2. The Hall–Kier alpha value is -2.37. The highest BCUT2D eigenvalue weighted by Crippen LogP contribution is 2.31. The first kappa shape index (κ1) is 21.3. The Labute approximate surface area is 172 Å². The Morgan fingerprint density at radius 1 is 1.14 bits per heavy atom. The van der Waals surface area contributed by atoms with Gasteiger partial charge in [0.2, 0.25) is 16.9 Å². The normalized spacial score (nSPS) is 16.5. The minimum atomic E-state index is -3.93. The number of anilines is 2. The second-order valence-electron chi connectivity index (χ2n) is 6.63. The lowest BCUT2D eigenvalue weighted by molar-refractivity contribution is -0.114. The molecule has 3 rings (SSSR count). The van der Waals surface area contributed by atoms with Gasteiger partial charge in [-0.25, -0.2) is 8.42 Å². The van der Waals surface area contributed by atoms with E-state index >= 15 is 0 Å². The average Bonchev–Trinajstić information content (AvgIpc) is 3.32. The SMILES string of the molecule is CCc1ccc(NC(=O)CS(=O)(=O)CC(=O)Nc2nnc(C3CCCO3)s2)cc1. The van der Waals surface area contributed by atoms with Crippen LogP contribution in [0.3, 0.4) is 0 Å². The molecule has 29 heavy (non-hydrogen) atoms. The van der Waals surface area contributed by atoms with Crippen LogP contribution in [0.1, 0.15) is 36.4 Å². The molecular weight excluding hydrogens is 416 g/mol. The topological polar surface area (TPSA) is 127 Å². The van der Waals surface area contributed by atoms with Crippen molar-refractivity contribution < 1.29 is 22.7 Å². The molecule has 1 aromatic carbocycles. The minimum absolute atomic E-state index is 0.128. The molecule has 0 aliphatic carbocycles. The third kappa shape index (κ3) is 6.31. The molecule has 1 fully saturated rings. The molecule has 1 atom stereocenters. The van der Waals surface area contributed by atoms with Crippen LogP contribution >= 0.6 is 11.3 Å². The third-order valence-corrected chi connectivity index (χ3v) is 6.57. The summed E-state index contributed by atoms with van der Waals surface area (Å²) < 4.78 is 29.8. The summed E-state index contributed by atoms with van der Waals surface area (Å²) in [7, 11) is -3.93. The fourth-order valence-corrected chi connectivity index (χ4v) is 4.70. The lowest BCUT2D eigenvalue weighted by atomic mass is 10.1. The van der Waals surface area contributed by atoms with Crippen molar-refractivity contribution >= 4 is 43.8 Å². The van der Waals surface area contributed by atoms with Gasteiger partial charge in [-0.2, -0.15) is 0 Å². The summed E-state index contributed by atoms with van der Waals surface area (Å²) >= 11 is 1.15. The Morgan fingerprint density at radius 3 is 2.45 bits per heavy atom. The first-order valence-electron chi connectivity index (χ1n) is 9.18. The van der Waals surface area contributed by atoms with Gasteiger partial charge in [0.05, 0.1) is 0 Å². The van der Waals surface area contributed by atoms with E-state index in [0.717, 1.165) is 36.2 Å². The summed E-state index contributed by atoms with van der Waals surface area (Å²) in [5.41, 5.74) is 1.61. The molecule has 0 saturated carbocycles. The zero-order valence-electron chi connectivity index (χ0n) is 15.9. The maximum Gasteiger partial charge on any atom is 0.241 e. The van der Waals surface area contributed by atoms with E-state index in [-0.39, 0.29) is 11.2 Å². The standard InChI is InChI=1S/C18H22N4O5S2/c1-2-12-5-7-13(8-6-12)19-15(23)10-29(25,26)11-16(24)20-18-22-21-17(28-18)14-4-3-9-27-14/h5-8,14H,2-4,9-11H2,1H3,(H,19,23)(H,20,22,24). The van der Waals surface area contributed by atoms with Crippen LogP contribution in [0.2, 0.25) is 0 Å². The van der Waals surface area contributed by atoms with Gasteiger partial charge < -0.3 is 10.1 Å². The number of hydrogen-bond acceptors (Lipinski definition) is 8. The summed E-state index contributed by atoms with van der Waals surface area (Å²) in [4.78, 5) is 24.1. The van der Waals surface area contributed by atoms with Gasteiger partial charge in [-0.05, 0) is 37.0 Å². The predicted molar refractivity (Wildman–Crippen MR) is 110 cm³/mol. The Kier molecular flexibility index (Phi) is 6.93. The van der Waals surface area contributed by atoms with E-state index in [9.17, 15) is 18.0 Å². The number of amides is 2. The van der Waals surface area contributed by atoms with Gasteiger partial charge in [0.15, 0.2) is 9.84 Å². The van der Waals surface area contributed by atoms with Crippen LogP contribution < -0.4 is 10.6 Å². The molecule has 2 aromatic rings. The Bertz CT molecular complexity index is 966. The van der Waals surface area contributed by atoms with E-state index in [1.807, 2.05) is 19.1 Å². The van der Waals surface area contributed by atoms with E-state index < -0.39 is 33.2 Å². The van der Waals surface area contributed by atoms with Gasteiger partial charge in [0.1, 0.15) is 22.6 Å². The number of ether oxygens (including phenoxy) is 1. The van der Waals surface area contributed by atoms with Gasteiger partial charge in [0.25, 0.3) is 0 Å². The van der Waals surface area contributed by atoms with Crippen molar-refractivity contribution in [3.8, 4) is 0 Å². The van der Waals surface area contributed by atoms with Crippen LogP contribution in [0, 0.1) is 0 Å². The van der Waals surface area contributed by atoms with Crippen molar-refractivity contribution in [3.63, 3.8) is 0 Å². The van der Waals surface area contributed by atoms with Gasteiger partial charge in [-0.15, -0.1) is 10.2 Å². The summed E-state index contributed by atoms with van der Waals surface area (Å²) in [6.45, 7) is 2.67. The van der Waals surface area contributed by atoms with Crippen LogP contribution in [0.5, 0.6) is 0 Å². The highest BCUT2D eigenvalue weighted by atomic mass is 32.2. The van der Waals surface area contributed by atoms with E-state index in [0.29, 0.717) is 17.3 Å². The summed E-state index contributed by atoms with van der Waals surface area (Å²) in [6.07, 6.45) is 2.51. The van der Waals surface area contributed by atoms with Crippen molar-refractivity contribution in [3.05, 3.63) is 34.8 Å². The minimum Gasteiger partial charge on any atom is -0.371 e. The Balaban J connectivity index is 1.50. The fourth-order valence-electron chi connectivity index (χ4n) is 2.81. The maximum atomic E-state index is 12.2. The number of nitrogens with zero attached hydrogens (tertiary/aromatic N) is 2. The smallest absolute Gasteiger partial charge is 0.241 e. The molecule has 156 valence electrons. The van der Waals surface area contributed by atoms with E-state index in [1.54, 1.807) is 12.1 Å². The number of aryl methyl sites for hydroxylation is 1. The number of carbonyl (C=O) groups excluding carboxylic acids is 2. The van der Waals surface area contributed by atoms with Crippen LogP contribution in [0.25, 0.3) is 0 Å². The predicted octanol–water partition coefficient (Wildman–Crippen LogP) is 1.94. The van der Waals surface area contributed by atoms with Crippen molar-refractivity contribution in [2.45, 2.75) is 32.3 Å². The zero-order chi connectivity index (χ0) is 20.9. The summed E-state index contributed by atoms with van der Waals surface area (Å²) in [5.74, 6) is -3.06. The van der Waals surface area contributed by atoms with Gasteiger partial charge in [-0.3, -0.25) is 14.9 Å². The lowest BCUT2D eigenvalue weighted by Crippen LogP contribution is -2.30. The first-order chi connectivity index (χ1) is 13.8. The number of sulfone groups is 1. The highest BCUT2D eigenvalue weighted by molar-refractivity contribution is 7.92. The quantitative estimate of drug-likeness (QED) is 0.645. The van der Waals surface area contributed by atoms with Crippen molar-refractivity contribution in [2.24, 2.45) is 0 Å². The molecule has 0 radical (unpaired) electrons. The average molecular weight is 439 g/mol. The molecule has 2 amide bonds. The number of carbonyl (C=O) groups is 2. The van der Waals surface area contributed by atoms with Crippen LogP contribution in [0.15, 0.2) is 24.3 Å². The molecule has 1 saturated heterocycles. The highest BCUT2D eigenvalue weighted by Gasteiger charge is 2.24. The van der Waals surface area contributed by atoms with Crippen molar-refractivity contribution in [1.82, 2.24) is 10.2 Å². The molecule has 1 aliphatic rings. The first-order valence-corrected chi connectivity index (χ1v) is 11.8. The molecule has 0 bridgehead atoms. The zero-order valence-corrected chi connectivity index (χ0v) is 17.5. The second-order valence-corrected chi connectivity index (χ2v) is 9.70. The van der Waals surface area contributed by atoms with Crippen LogP contribution in [-0.4, -0.2) is 48.5 Å². The molecule has 1 aliphatic heterocycles. The molecule has 1 aromatic heterocycles. The van der Waals surface area contributed by atoms with Gasteiger partial charge in [-0.1, -0.05) is 30.4 Å². The van der Waals surface area contributed by atoms with E-state index in [1.165, 1.54) is 0 Å². The second kappa shape index (κ2) is 9.42. The van der Waals surface area contributed by atoms with E-state index in [4.69, 9.17) is 4.74 Å². The molecular formula is C18H22N4O5S2. The molecule has 0 spiro atoms. The third-order valence-electron chi connectivity index (χ3n) is 4.24. The van der Waals surface area contributed by atoms with Gasteiger partial charge in [0, 0.05) is 12.3 Å². The number of nitrogens with one attached hydrogen (secondary N) is 2. The molecule has 2 heterocycles. The number of aromatic nitrogens is 2. The summed E-state index contributed by atoms with van der Waals surface area (Å²) in [6, 6.07) is 7.11. The largest absolute Gasteiger partial charge is 0.371 e. The lowest BCUT2D eigenvalue weighted by Gasteiger charge is -2.07. The Morgan fingerprint density at radius 2 is 1.83 bits per heavy atom. The summed E-state index contributed by atoms with van der Waals surface area (Å²) in [5, 5.41) is 13.6.